The largest absolute Gasteiger partial charge is 0.311 e. The van der Waals surface area contributed by atoms with Crippen molar-refractivity contribution in [2.24, 2.45) is 5.92 Å². The number of nitriles is 2. The van der Waals surface area contributed by atoms with Crippen LogP contribution in [0.5, 0.6) is 0 Å². The van der Waals surface area contributed by atoms with Gasteiger partial charge in [0, 0.05) is 42.9 Å². The average molecular weight is 457 g/mol. The molecule has 2 aliphatic rings. The monoisotopic (exact) mass is 456 g/mol. The quantitative estimate of drug-likeness (QED) is 0.602. The van der Waals surface area contributed by atoms with Gasteiger partial charge in [0.05, 0.1) is 22.1 Å². The second kappa shape index (κ2) is 8.00. The molecule has 2 bridgehead atoms. The fraction of sp³-hybridized carbons (Fsp3) is 0.240. The molecule has 2 aliphatic heterocycles. The minimum atomic E-state index is -3.87. The van der Waals surface area contributed by atoms with Gasteiger partial charge in [0.15, 0.2) is 0 Å². The number of hydrogen-bond donors (Lipinski definition) is 0. The standard InChI is InChI=1S/C25H20N4O3S/c26-12-17-4-3-6-19(10-17)22-8-9-24(30)29-15-18-11-21(25(22)29)16-28(14-18)33(31,32)23-7-2-1-5-20(23)13-27/h1-10,18,21H,11,14-16H2/t18-,21+/m0/s1. The number of aromatic nitrogens is 1. The van der Waals surface area contributed by atoms with Crippen LogP contribution in [0.4, 0.5) is 0 Å². The number of piperidine rings is 1. The Morgan fingerprint density at radius 2 is 1.73 bits per heavy atom. The van der Waals surface area contributed by atoms with Gasteiger partial charge in [-0.1, -0.05) is 24.3 Å². The molecule has 0 radical (unpaired) electrons. The molecule has 1 fully saturated rings. The molecule has 3 aromatic rings. The summed E-state index contributed by atoms with van der Waals surface area (Å²) in [4.78, 5) is 12.7. The highest BCUT2D eigenvalue weighted by molar-refractivity contribution is 7.89. The number of benzene rings is 2. The van der Waals surface area contributed by atoms with Gasteiger partial charge in [0.25, 0.3) is 5.56 Å². The Hall–Kier alpha value is -3.72. The first-order valence-electron chi connectivity index (χ1n) is 10.7. The van der Waals surface area contributed by atoms with Crippen LogP contribution in [0.15, 0.2) is 70.4 Å². The summed E-state index contributed by atoms with van der Waals surface area (Å²) in [5, 5.41) is 18.7. The first-order valence-corrected chi connectivity index (χ1v) is 12.1. The first kappa shape index (κ1) is 21.1. The van der Waals surface area contributed by atoms with E-state index in [4.69, 9.17) is 0 Å². The summed E-state index contributed by atoms with van der Waals surface area (Å²) >= 11 is 0. The Kier molecular flexibility index (Phi) is 5.13. The smallest absolute Gasteiger partial charge is 0.250 e. The molecular weight excluding hydrogens is 436 g/mol. The second-order valence-corrected chi connectivity index (χ2v) is 10.4. The van der Waals surface area contributed by atoms with E-state index in [0.717, 1.165) is 23.2 Å². The second-order valence-electron chi connectivity index (χ2n) is 8.50. The Labute approximate surface area is 191 Å². The van der Waals surface area contributed by atoms with Crippen molar-refractivity contribution < 1.29 is 8.42 Å². The fourth-order valence-electron chi connectivity index (χ4n) is 5.09. The maximum atomic E-state index is 13.5. The van der Waals surface area contributed by atoms with Crippen molar-refractivity contribution in [3.63, 3.8) is 0 Å². The summed E-state index contributed by atoms with van der Waals surface area (Å²) in [5.41, 5.74) is 3.01. The van der Waals surface area contributed by atoms with Crippen molar-refractivity contribution in [3.05, 3.63) is 87.8 Å². The molecule has 0 N–H and O–H groups in total. The molecule has 0 unspecified atom stereocenters. The molecule has 33 heavy (non-hydrogen) atoms. The van der Waals surface area contributed by atoms with Crippen LogP contribution in [-0.2, 0) is 16.6 Å². The van der Waals surface area contributed by atoms with Crippen molar-refractivity contribution in [2.75, 3.05) is 13.1 Å². The zero-order chi connectivity index (χ0) is 23.2. The lowest BCUT2D eigenvalue weighted by molar-refractivity contribution is 0.187. The van der Waals surface area contributed by atoms with E-state index in [0.29, 0.717) is 18.7 Å². The van der Waals surface area contributed by atoms with Gasteiger partial charge in [-0.15, -0.1) is 0 Å². The minimum absolute atomic E-state index is 0.00124. The fourth-order valence-corrected chi connectivity index (χ4v) is 6.79. The molecule has 0 saturated carbocycles. The predicted octanol–water partition coefficient (Wildman–Crippen LogP) is 3.07. The highest BCUT2D eigenvalue weighted by Crippen LogP contribution is 2.41. The highest BCUT2D eigenvalue weighted by Gasteiger charge is 2.41. The Bertz CT molecular complexity index is 1510. The molecule has 164 valence electrons. The van der Waals surface area contributed by atoms with E-state index in [-0.39, 0.29) is 34.4 Å². The number of fused-ring (bicyclic) bond motifs is 4. The van der Waals surface area contributed by atoms with Crippen LogP contribution in [0.3, 0.4) is 0 Å². The van der Waals surface area contributed by atoms with Crippen LogP contribution in [0.25, 0.3) is 11.1 Å². The summed E-state index contributed by atoms with van der Waals surface area (Å²) in [5.74, 6) is -0.171. The minimum Gasteiger partial charge on any atom is -0.311 e. The molecule has 2 aromatic carbocycles. The zero-order valence-electron chi connectivity index (χ0n) is 17.7. The Morgan fingerprint density at radius 1 is 0.909 bits per heavy atom. The summed E-state index contributed by atoms with van der Waals surface area (Å²) in [6.45, 7) is 0.966. The number of rotatable bonds is 3. The van der Waals surface area contributed by atoms with Crippen LogP contribution in [0.1, 0.15) is 29.2 Å². The molecule has 0 aliphatic carbocycles. The topological polar surface area (TPSA) is 107 Å². The van der Waals surface area contributed by atoms with Crippen molar-refractivity contribution in [3.8, 4) is 23.3 Å². The number of nitrogens with zero attached hydrogens (tertiary/aromatic N) is 4. The summed E-state index contributed by atoms with van der Waals surface area (Å²) in [7, 11) is -3.87. The van der Waals surface area contributed by atoms with Gasteiger partial charge in [-0.25, -0.2) is 8.42 Å². The lowest BCUT2D eigenvalue weighted by Gasteiger charge is -2.43. The molecule has 8 heteroatoms. The third-order valence-corrected chi connectivity index (χ3v) is 8.37. The van der Waals surface area contributed by atoms with Crippen molar-refractivity contribution in [2.45, 2.75) is 23.8 Å². The van der Waals surface area contributed by atoms with Gasteiger partial charge in [-0.05, 0) is 48.2 Å². The van der Waals surface area contributed by atoms with Crippen LogP contribution in [0.2, 0.25) is 0 Å². The summed E-state index contributed by atoms with van der Waals surface area (Å²) in [6, 6.07) is 20.9. The summed E-state index contributed by atoms with van der Waals surface area (Å²) in [6.07, 6.45) is 0.778. The molecule has 5 rings (SSSR count). The van der Waals surface area contributed by atoms with Gasteiger partial charge in [0.1, 0.15) is 6.07 Å². The third kappa shape index (κ3) is 3.54. The molecular formula is C25H20N4O3S. The van der Waals surface area contributed by atoms with E-state index in [1.165, 1.54) is 22.5 Å². The highest BCUT2D eigenvalue weighted by atomic mass is 32.2. The predicted molar refractivity (Wildman–Crippen MR) is 122 cm³/mol. The molecule has 0 spiro atoms. The van der Waals surface area contributed by atoms with Gasteiger partial charge in [-0.3, -0.25) is 4.79 Å². The number of hydrogen-bond acceptors (Lipinski definition) is 5. The molecule has 3 heterocycles. The summed E-state index contributed by atoms with van der Waals surface area (Å²) < 4.78 is 30.2. The van der Waals surface area contributed by atoms with Gasteiger partial charge in [-0.2, -0.15) is 14.8 Å². The maximum absolute atomic E-state index is 13.5. The molecule has 1 saturated heterocycles. The number of pyridine rings is 1. The van der Waals surface area contributed by atoms with E-state index in [9.17, 15) is 23.7 Å². The number of sulfonamides is 1. The van der Waals surface area contributed by atoms with Crippen molar-refractivity contribution >= 4 is 10.0 Å². The SMILES string of the molecule is N#Cc1cccc(-c2ccc(=O)n3c2[C@@H]2C[C@@H](CN(S(=O)(=O)c4ccccc4C#N)C2)C3)c1. The Balaban J connectivity index is 1.60. The van der Waals surface area contributed by atoms with Gasteiger partial charge in [0.2, 0.25) is 10.0 Å². The Morgan fingerprint density at radius 3 is 2.52 bits per heavy atom. The van der Waals surface area contributed by atoms with Gasteiger partial charge < -0.3 is 4.57 Å². The van der Waals surface area contributed by atoms with Crippen molar-refractivity contribution in [1.82, 2.24) is 8.87 Å². The molecule has 0 amide bonds. The average Bonchev–Trinajstić information content (AvgIpc) is 2.84. The molecule has 2 atom stereocenters. The van der Waals surface area contributed by atoms with E-state index in [1.54, 1.807) is 41.0 Å². The van der Waals surface area contributed by atoms with Crippen LogP contribution >= 0.6 is 0 Å². The molecule has 7 nitrogen and oxygen atoms in total. The van der Waals surface area contributed by atoms with Gasteiger partial charge >= 0.3 is 0 Å². The van der Waals surface area contributed by atoms with Crippen molar-refractivity contribution in [1.29, 1.82) is 10.5 Å². The lowest BCUT2D eigenvalue weighted by atomic mass is 9.81. The van der Waals surface area contributed by atoms with E-state index >= 15 is 0 Å². The van der Waals surface area contributed by atoms with E-state index in [2.05, 4.69) is 6.07 Å². The zero-order valence-corrected chi connectivity index (χ0v) is 18.5. The lowest BCUT2D eigenvalue weighted by Crippen LogP contribution is -2.49. The maximum Gasteiger partial charge on any atom is 0.250 e. The molecule has 1 aromatic heterocycles. The first-order chi connectivity index (χ1) is 15.9. The van der Waals surface area contributed by atoms with Crippen LogP contribution in [-0.4, -0.2) is 30.4 Å². The normalized spacial score (nSPS) is 19.8. The third-order valence-electron chi connectivity index (χ3n) is 6.48. The van der Waals surface area contributed by atoms with E-state index < -0.39 is 10.0 Å². The van der Waals surface area contributed by atoms with Crippen LogP contribution < -0.4 is 5.56 Å². The van der Waals surface area contributed by atoms with E-state index in [1.807, 2.05) is 12.1 Å². The van der Waals surface area contributed by atoms with Crippen LogP contribution in [0, 0.1) is 28.6 Å².